The van der Waals surface area contributed by atoms with E-state index >= 15 is 0 Å². The summed E-state index contributed by atoms with van der Waals surface area (Å²) in [6.45, 7) is 1.75. The number of carbonyl (C=O) groups is 1. The number of rotatable bonds is 5. The molecule has 10 heteroatoms. The van der Waals surface area contributed by atoms with Crippen LogP contribution in [0.5, 0.6) is 0 Å². The van der Waals surface area contributed by atoms with Crippen LogP contribution in [0.15, 0.2) is 36.4 Å². The van der Waals surface area contributed by atoms with Crippen molar-refractivity contribution in [3.05, 3.63) is 76.4 Å². The number of H-pyrrole nitrogens is 1. The number of hydrogen-bond donors (Lipinski definition) is 4. The van der Waals surface area contributed by atoms with Crippen LogP contribution in [0, 0.1) is 23.0 Å². The molecule has 0 saturated heterocycles. The van der Waals surface area contributed by atoms with Crippen LogP contribution in [0.25, 0.3) is 0 Å². The van der Waals surface area contributed by atoms with Crippen molar-refractivity contribution in [1.29, 1.82) is 5.26 Å². The van der Waals surface area contributed by atoms with Crippen molar-refractivity contribution < 1.29 is 18.7 Å². The first-order chi connectivity index (χ1) is 15.3. The number of aromatic nitrogens is 3. The van der Waals surface area contributed by atoms with Gasteiger partial charge in [0.1, 0.15) is 17.5 Å². The molecule has 32 heavy (non-hydrogen) atoms. The molecule has 1 aromatic heterocycles. The lowest BCUT2D eigenvalue weighted by Crippen LogP contribution is -2.42. The standard InChI is InChI=1S/C22H20F2N6O2/c1-11-5-17(21(31)28-19-15(11)8-14(23)9-16(19)24)26-22(32)20-27-18(29-30-20)7-12-3-2-4-13(6-12)10-25/h2-4,6,8-9,11,17,22,26,32H,5,7H2,1H3,(H,28,31)(H,27,29,30)/t11-,17+,22?/m0/s1. The lowest BCUT2D eigenvalue weighted by molar-refractivity contribution is -0.119. The summed E-state index contributed by atoms with van der Waals surface area (Å²) >= 11 is 0. The maximum Gasteiger partial charge on any atom is 0.241 e. The Morgan fingerprint density at radius 3 is 2.94 bits per heavy atom. The number of benzene rings is 2. The number of aliphatic hydroxyl groups excluding tert-OH is 1. The number of nitrogens with zero attached hydrogens (tertiary/aromatic N) is 3. The van der Waals surface area contributed by atoms with Gasteiger partial charge in [-0.15, -0.1) is 0 Å². The highest BCUT2D eigenvalue weighted by molar-refractivity contribution is 5.96. The summed E-state index contributed by atoms with van der Waals surface area (Å²) in [7, 11) is 0. The van der Waals surface area contributed by atoms with Crippen LogP contribution < -0.4 is 10.6 Å². The summed E-state index contributed by atoms with van der Waals surface area (Å²) in [4.78, 5) is 16.9. The minimum absolute atomic E-state index is 0.0378. The number of aliphatic hydroxyl groups is 1. The second-order valence-corrected chi connectivity index (χ2v) is 7.73. The molecule has 0 fully saturated rings. The van der Waals surface area contributed by atoms with E-state index in [4.69, 9.17) is 5.26 Å². The Morgan fingerprint density at radius 1 is 1.34 bits per heavy atom. The number of carbonyl (C=O) groups excluding carboxylic acids is 1. The Morgan fingerprint density at radius 2 is 2.16 bits per heavy atom. The molecule has 2 aromatic carbocycles. The van der Waals surface area contributed by atoms with E-state index in [1.54, 1.807) is 25.1 Å². The molecule has 1 aliphatic heterocycles. The quantitative estimate of drug-likeness (QED) is 0.454. The fraction of sp³-hybridized carbons (Fsp3) is 0.273. The van der Waals surface area contributed by atoms with Crippen molar-refractivity contribution >= 4 is 11.6 Å². The first-order valence-electron chi connectivity index (χ1n) is 9.98. The first-order valence-corrected chi connectivity index (χ1v) is 9.98. The van der Waals surface area contributed by atoms with Gasteiger partial charge < -0.3 is 10.4 Å². The second-order valence-electron chi connectivity index (χ2n) is 7.73. The summed E-state index contributed by atoms with van der Waals surface area (Å²) in [6.07, 6.45) is -0.788. The number of nitriles is 1. The van der Waals surface area contributed by atoms with Gasteiger partial charge in [0.05, 0.1) is 23.4 Å². The lowest BCUT2D eigenvalue weighted by atomic mass is 9.94. The number of anilines is 1. The van der Waals surface area contributed by atoms with Gasteiger partial charge in [-0.05, 0) is 41.7 Å². The molecule has 0 spiro atoms. The highest BCUT2D eigenvalue weighted by Gasteiger charge is 2.32. The van der Waals surface area contributed by atoms with Gasteiger partial charge in [0.25, 0.3) is 0 Å². The molecule has 4 N–H and O–H groups in total. The molecule has 0 aliphatic carbocycles. The van der Waals surface area contributed by atoms with Gasteiger partial charge in [0, 0.05) is 12.5 Å². The number of fused-ring (bicyclic) bond motifs is 1. The molecule has 1 amide bonds. The van der Waals surface area contributed by atoms with Gasteiger partial charge in [-0.1, -0.05) is 19.1 Å². The zero-order valence-corrected chi connectivity index (χ0v) is 17.1. The van der Waals surface area contributed by atoms with Crippen molar-refractivity contribution in [1.82, 2.24) is 20.5 Å². The number of aromatic amines is 1. The van der Waals surface area contributed by atoms with E-state index in [0.717, 1.165) is 11.6 Å². The van der Waals surface area contributed by atoms with Crippen LogP contribution in [0.1, 0.15) is 53.8 Å². The molecule has 1 aliphatic rings. The molecule has 3 atom stereocenters. The average molecular weight is 438 g/mol. The molecule has 0 saturated carbocycles. The van der Waals surface area contributed by atoms with Gasteiger partial charge >= 0.3 is 0 Å². The Balaban J connectivity index is 1.46. The predicted molar refractivity (Wildman–Crippen MR) is 110 cm³/mol. The van der Waals surface area contributed by atoms with E-state index in [0.29, 0.717) is 23.4 Å². The summed E-state index contributed by atoms with van der Waals surface area (Å²) in [5.74, 6) is -1.96. The average Bonchev–Trinajstić information content (AvgIpc) is 3.19. The predicted octanol–water partition coefficient (Wildman–Crippen LogP) is 2.64. The Hall–Kier alpha value is -3.68. The molecule has 8 nitrogen and oxygen atoms in total. The van der Waals surface area contributed by atoms with Crippen LogP contribution in [-0.2, 0) is 11.2 Å². The minimum atomic E-state index is -1.36. The molecule has 164 valence electrons. The molecule has 2 heterocycles. The van der Waals surface area contributed by atoms with Crippen LogP contribution >= 0.6 is 0 Å². The van der Waals surface area contributed by atoms with E-state index < -0.39 is 29.8 Å². The molecular formula is C22H20F2N6O2. The van der Waals surface area contributed by atoms with Gasteiger partial charge in [-0.3, -0.25) is 15.2 Å². The SMILES string of the molecule is C[C@H]1C[C@@H](NC(O)c2n[nH]c(Cc3cccc(C#N)c3)n2)C(=O)Nc2c(F)cc(F)cc21. The van der Waals surface area contributed by atoms with Gasteiger partial charge in [0.15, 0.2) is 12.1 Å². The topological polar surface area (TPSA) is 127 Å². The smallest absolute Gasteiger partial charge is 0.241 e. The zero-order valence-electron chi connectivity index (χ0n) is 17.1. The Kier molecular flexibility index (Phi) is 5.94. The fourth-order valence-electron chi connectivity index (χ4n) is 3.78. The monoisotopic (exact) mass is 438 g/mol. The third-order valence-electron chi connectivity index (χ3n) is 5.35. The van der Waals surface area contributed by atoms with Crippen LogP contribution in [0.3, 0.4) is 0 Å². The second kappa shape index (κ2) is 8.82. The van der Waals surface area contributed by atoms with Crippen molar-refractivity contribution in [2.45, 2.75) is 38.0 Å². The van der Waals surface area contributed by atoms with E-state index in [1.165, 1.54) is 6.07 Å². The first kappa shape index (κ1) is 21.5. The van der Waals surface area contributed by atoms with Crippen molar-refractivity contribution in [3.63, 3.8) is 0 Å². The van der Waals surface area contributed by atoms with E-state index in [-0.39, 0.29) is 23.9 Å². The normalized spacial score (nSPS) is 18.9. The van der Waals surface area contributed by atoms with Crippen LogP contribution in [0.2, 0.25) is 0 Å². The Labute approximate surface area is 182 Å². The number of hydrogen-bond acceptors (Lipinski definition) is 6. The molecule has 1 unspecified atom stereocenters. The van der Waals surface area contributed by atoms with E-state index in [1.807, 2.05) is 6.07 Å². The van der Waals surface area contributed by atoms with Crippen LogP contribution in [0.4, 0.5) is 14.5 Å². The summed E-state index contributed by atoms with van der Waals surface area (Å²) in [5.41, 5.74) is 1.67. The Bertz CT molecular complexity index is 1210. The fourth-order valence-corrected chi connectivity index (χ4v) is 3.78. The van der Waals surface area contributed by atoms with Crippen molar-refractivity contribution in [3.8, 4) is 6.07 Å². The third-order valence-corrected chi connectivity index (χ3v) is 5.35. The summed E-state index contributed by atoms with van der Waals surface area (Å²) in [6, 6.07) is 10.1. The summed E-state index contributed by atoms with van der Waals surface area (Å²) < 4.78 is 27.8. The van der Waals surface area contributed by atoms with Crippen molar-refractivity contribution in [2.75, 3.05) is 5.32 Å². The maximum atomic E-state index is 14.2. The van der Waals surface area contributed by atoms with Gasteiger partial charge in [-0.2, -0.15) is 10.4 Å². The van der Waals surface area contributed by atoms with E-state index in [2.05, 4.69) is 31.9 Å². The molecular weight excluding hydrogens is 418 g/mol. The van der Waals surface area contributed by atoms with E-state index in [9.17, 15) is 18.7 Å². The largest absolute Gasteiger partial charge is 0.371 e. The highest BCUT2D eigenvalue weighted by Crippen LogP contribution is 2.34. The number of amides is 1. The zero-order chi connectivity index (χ0) is 22.8. The van der Waals surface area contributed by atoms with Crippen LogP contribution in [-0.4, -0.2) is 32.2 Å². The summed E-state index contributed by atoms with van der Waals surface area (Å²) in [5, 5.41) is 31.5. The maximum absolute atomic E-state index is 14.2. The molecule has 3 aromatic rings. The van der Waals surface area contributed by atoms with Crippen molar-refractivity contribution in [2.24, 2.45) is 0 Å². The molecule has 4 rings (SSSR count). The molecule has 0 bridgehead atoms. The third kappa shape index (κ3) is 4.49. The molecule has 0 radical (unpaired) electrons. The number of halogens is 2. The van der Waals surface area contributed by atoms with Gasteiger partial charge in [-0.25, -0.2) is 13.8 Å². The highest BCUT2D eigenvalue weighted by atomic mass is 19.1. The number of nitrogens with one attached hydrogen (secondary N) is 3. The minimum Gasteiger partial charge on any atom is -0.371 e. The van der Waals surface area contributed by atoms with Gasteiger partial charge in [0.2, 0.25) is 5.91 Å². The lowest BCUT2D eigenvalue weighted by Gasteiger charge is -2.20.